The van der Waals surface area contributed by atoms with Crippen molar-refractivity contribution in [3.63, 3.8) is 0 Å². The summed E-state index contributed by atoms with van der Waals surface area (Å²) in [5.41, 5.74) is -0.706. The molecule has 192 valence electrons. The minimum atomic E-state index is -4.55. The highest BCUT2D eigenvalue weighted by molar-refractivity contribution is 7.89. The van der Waals surface area contributed by atoms with E-state index in [1.165, 1.54) is 23.1 Å². The zero-order chi connectivity index (χ0) is 26.0. The summed E-state index contributed by atoms with van der Waals surface area (Å²) in [6.07, 6.45) is 3.98. The molecule has 0 radical (unpaired) electrons. The Kier molecular flexibility index (Phi) is 8.00. The van der Waals surface area contributed by atoms with Gasteiger partial charge in [-0.25, -0.2) is 13.2 Å². The second kappa shape index (κ2) is 10.4. The van der Waals surface area contributed by atoms with E-state index in [1.54, 1.807) is 26.8 Å². The number of para-hydroxylation sites is 1. The molecule has 1 aliphatic carbocycles. The second-order valence-electron chi connectivity index (χ2n) is 9.41. The molecule has 1 heterocycles. The maximum absolute atomic E-state index is 13.7. The van der Waals surface area contributed by atoms with Crippen LogP contribution in [0.5, 0.6) is 0 Å². The number of hydrogen-bond donors (Lipinski definition) is 1. The first-order valence-electron chi connectivity index (χ1n) is 11.2. The van der Waals surface area contributed by atoms with Gasteiger partial charge in [-0.3, -0.25) is 19.9 Å². The maximum Gasteiger partial charge on any atom is 0.410 e. The monoisotopic (exact) mass is 509 g/mol. The van der Waals surface area contributed by atoms with Crippen molar-refractivity contribution in [3.05, 3.63) is 58.7 Å². The van der Waals surface area contributed by atoms with Crippen LogP contribution in [0.4, 0.5) is 10.5 Å². The van der Waals surface area contributed by atoms with Crippen LogP contribution in [-0.4, -0.2) is 71.4 Å². The Hall–Kier alpha value is -2.80. The van der Waals surface area contributed by atoms with E-state index >= 15 is 0 Å². The molecule has 1 fully saturated rings. The van der Waals surface area contributed by atoms with E-state index in [1.807, 2.05) is 0 Å². The molecule has 35 heavy (non-hydrogen) atoms. The molecule has 1 N–H and O–H groups in total. The Balaban J connectivity index is 2.09. The highest BCUT2D eigenvalue weighted by Crippen LogP contribution is 2.42. The number of amides is 1. The molecular formula is C23H31N3O8S. The highest BCUT2D eigenvalue weighted by atomic mass is 32.2. The fraction of sp³-hybridized carbons (Fsp3) is 0.522. The topological polar surface area (TPSA) is 140 Å². The average molecular weight is 510 g/mol. The molecule has 2 atom stereocenters. The first-order valence-corrected chi connectivity index (χ1v) is 12.7. The van der Waals surface area contributed by atoms with E-state index in [2.05, 4.69) is 6.58 Å². The van der Waals surface area contributed by atoms with Crippen LogP contribution in [0.3, 0.4) is 0 Å². The number of carbonyl (C=O) groups excluding carboxylic acids is 1. The Labute approximate surface area is 204 Å². The average Bonchev–Trinajstić information content (AvgIpc) is 3.62. The number of ether oxygens (including phenoxy) is 1. The molecule has 1 saturated carbocycles. The van der Waals surface area contributed by atoms with Crippen LogP contribution in [-0.2, 0) is 19.6 Å². The predicted octanol–water partition coefficient (Wildman–Crippen LogP) is 3.02. The summed E-state index contributed by atoms with van der Waals surface area (Å²) in [5, 5.41) is 21.7. The summed E-state index contributed by atoms with van der Waals surface area (Å²) in [6.45, 7) is 7.92. The van der Waals surface area contributed by atoms with E-state index in [4.69, 9.17) is 9.57 Å². The molecule has 2 aliphatic rings. The van der Waals surface area contributed by atoms with Crippen LogP contribution >= 0.6 is 0 Å². The molecular weight excluding hydrogens is 478 g/mol. The number of aliphatic hydroxyl groups is 1. The van der Waals surface area contributed by atoms with Gasteiger partial charge in [0.2, 0.25) is 0 Å². The van der Waals surface area contributed by atoms with E-state index in [-0.39, 0.29) is 25.7 Å². The largest absolute Gasteiger partial charge is 0.444 e. The fourth-order valence-corrected chi connectivity index (χ4v) is 5.50. The Morgan fingerprint density at radius 1 is 1.34 bits per heavy atom. The fourth-order valence-electron chi connectivity index (χ4n) is 3.97. The number of sulfonamides is 1. The third kappa shape index (κ3) is 6.07. The van der Waals surface area contributed by atoms with Gasteiger partial charge in [-0.2, -0.15) is 0 Å². The minimum Gasteiger partial charge on any atom is -0.444 e. The summed E-state index contributed by atoms with van der Waals surface area (Å²) < 4.78 is 33.5. The van der Waals surface area contributed by atoms with Crippen molar-refractivity contribution >= 4 is 21.8 Å². The normalized spacial score (nSPS) is 20.9. The van der Waals surface area contributed by atoms with Crippen molar-refractivity contribution in [2.24, 2.45) is 5.92 Å². The van der Waals surface area contributed by atoms with Gasteiger partial charge in [-0.1, -0.05) is 28.8 Å². The van der Waals surface area contributed by atoms with E-state index in [9.17, 15) is 28.4 Å². The van der Waals surface area contributed by atoms with E-state index < -0.39 is 49.3 Å². The SMILES string of the molecule is C=CCON([C@@H]1C=C(C2CC2)[C@H](CO)N(C(=O)OC(C)(C)C)C1)S(=O)(=O)c1ccccc1[N+](=O)[O-]. The van der Waals surface area contributed by atoms with Crippen molar-refractivity contribution in [1.29, 1.82) is 0 Å². The zero-order valence-corrected chi connectivity index (χ0v) is 20.8. The van der Waals surface area contributed by atoms with Crippen molar-refractivity contribution in [2.45, 2.75) is 56.2 Å². The Bertz CT molecular complexity index is 1110. The molecule has 0 saturated heterocycles. The lowest BCUT2D eigenvalue weighted by Gasteiger charge is -2.41. The van der Waals surface area contributed by atoms with Crippen LogP contribution in [0.25, 0.3) is 0 Å². The molecule has 0 spiro atoms. The van der Waals surface area contributed by atoms with Crippen LogP contribution in [0.1, 0.15) is 33.6 Å². The summed E-state index contributed by atoms with van der Waals surface area (Å²) in [6, 6.07) is 3.28. The number of carbonyl (C=O) groups is 1. The number of aliphatic hydroxyl groups excluding tert-OH is 1. The Morgan fingerprint density at radius 3 is 2.54 bits per heavy atom. The van der Waals surface area contributed by atoms with Gasteiger partial charge < -0.3 is 9.84 Å². The van der Waals surface area contributed by atoms with Crippen LogP contribution < -0.4 is 0 Å². The van der Waals surface area contributed by atoms with Gasteiger partial charge in [0.15, 0.2) is 4.90 Å². The van der Waals surface area contributed by atoms with Crippen LogP contribution in [0.2, 0.25) is 0 Å². The molecule has 0 bridgehead atoms. The lowest BCUT2D eigenvalue weighted by atomic mass is 9.94. The predicted molar refractivity (Wildman–Crippen MR) is 127 cm³/mol. The first-order chi connectivity index (χ1) is 16.4. The molecule has 11 nitrogen and oxygen atoms in total. The number of rotatable bonds is 9. The molecule has 12 heteroatoms. The summed E-state index contributed by atoms with van der Waals surface area (Å²) in [7, 11) is -4.55. The van der Waals surface area contributed by atoms with E-state index in [0.717, 1.165) is 25.0 Å². The van der Waals surface area contributed by atoms with Crippen molar-refractivity contribution in [3.8, 4) is 0 Å². The number of hydroxylamine groups is 1. The number of nitro benzene ring substituents is 1. The quantitative estimate of drug-likeness (QED) is 0.304. The zero-order valence-electron chi connectivity index (χ0n) is 20.0. The Morgan fingerprint density at radius 2 is 2.00 bits per heavy atom. The van der Waals surface area contributed by atoms with Gasteiger partial charge in [0.25, 0.3) is 15.7 Å². The van der Waals surface area contributed by atoms with E-state index in [0.29, 0.717) is 10.0 Å². The summed E-state index contributed by atoms with van der Waals surface area (Å²) in [4.78, 5) is 30.1. The first kappa shape index (κ1) is 26.8. The van der Waals surface area contributed by atoms with Crippen molar-refractivity contribution in [1.82, 2.24) is 9.37 Å². The molecule has 3 rings (SSSR count). The molecule has 1 aromatic carbocycles. The van der Waals surface area contributed by atoms with Gasteiger partial charge in [-0.15, -0.1) is 6.58 Å². The molecule has 0 aromatic heterocycles. The van der Waals surface area contributed by atoms with Gasteiger partial charge in [0.05, 0.1) is 30.2 Å². The lowest BCUT2D eigenvalue weighted by Crippen LogP contribution is -2.56. The molecule has 0 unspecified atom stereocenters. The number of nitro groups is 1. The highest BCUT2D eigenvalue weighted by Gasteiger charge is 2.45. The standard InChI is InChI=1S/C23H31N3O8S/c1-5-12-33-26(35(31,32)21-9-7-6-8-19(21)25(29)30)17-13-18(16-10-11-16)20(15-27)24(14-17)22(28)34-23(2,3)4/h5-9,13,16-17,20,27H,1,10-12,14-15H2,2-4H3/t17-,20+/m1/s1. The van der Waals surface area contributed by atoms with Crippen LogP contribution in [0, 0.1) is 16.0 Å². The maximum atomic E-state index is 13.7. The molecule has 1 aliphatic heterocycles. The molecule has 1 amide bonds. The van der Waals surface area contributed by atoms with Gasteiger partial charge in [0.1, 0.15) is 5.60 Å². The number of benzene rings is 1. The van der Waals surface area contributed by atoms with Crippen molar-refractivity contribution in [2.75, 3.05) is 19.8 Å². The number of nitrogens with zero attached hydrogens (tertiary/aromatic N) is 3. The lowest BCUT2D eigenvalue weighted by molar-refractivity contribution is -0.387. The third-order valence-corrected chi connectivity index (χ3v) is 7.30. The molecule has 1 aromatic rings. The number of hydrogen-bond acceptors (Lipinski definition) is 8. The summed E-state index contributed by atoms with van der Waals surface area (Å²) in [5.74, 6) is 0.0786. The third-order valence-electron chi connectivity index (χ3n) is 5.55. The van der Waals surface area contributed by atoms with Gasteiger partial charge in [0, 0.05) is 12.6 Å². The van der Waals surface area contributed by atoms with Gasteiger partial charge in [-0.05, 0) is 51.2 Å². The van der Waals surface area contributed by atoms with Crippen LogP contribution in [0.15, 0.2) is 53.5 Å². The minimum absolute atomic E-state index is 0.0786. The summed E-state index contributed by atoms with van der Waals surface area (Å²) >= 11 is 0. The smallest absolute Gasteiger partial charge is 0.410 e. The van der Waals surface area contributed by atoms with Crippen molar-refractivity contribution < 1.29 is 32.8 Å². The van der Waals surface area contributed by atoms with Gasteiger partial charge >= 0.3 is 6.09 Å². The second-order valence-corrected chi connectivity index (χ2v) is 11.2.